The number of rotatable bonds is 7. The quantitative estimate of drug-likeness (QED) is 0.616. The second-order valence-corrected chi connectivity index (χ2v) is 9.58. The fraction of sp³-hybridized carbons (Fsp3) is 0.519. The second kappa shape index (κ2) is 11.3. The van der Waals surface area contributed by atoms with Crippen LogP contribution in [0, 0.1) is 23.2 Å². The van der Waals surface area contributed by atoms with Gasteiger partial charge in [-0.05, 0) is 75.9 Å². The molecule has 0 radical (unpaired) electrons. The molecule has 0 spiro atoms. The fourth-order valence-electron chi connectivity index (χ4n) is 4.91. The third-order valence-corrected chi connectivity index (χ3v) is 7.21. The number of pyridine rings is 2. The van der Waals surface area contributed by atoms with Crippen molar-refractivity contribution >= 4 is 11.4 Å². The van der Waals surface area contributed by atoms with Gasteiger partial charge < -0.3 is 20.3 Å². The maximum Gasteiger partial charge on any atom is 0.138 e. The number of nitrogens with two attached hydrogens (primary N) is 1. The first-order chi connectivity index (χ1) is 16.6. The summed E-state index contributed by atoms with van der Waals surface area (Å²) in [6, 6.07) is 8.25. The second-order valence-electron chi connectivity index (χ2n) is 9.58. The van der Waals surface area contributed by atoms with Crippen molar-refractivity contribution in [2.45, 2.75) is 39.0 Å². The van der Waals surface area contributed by atoms with Gasteiger partial charge in [-0.1, -0.05) is 13.3 Å². The summed E-state index contributed by atoms with van der Waals surface area (Å²) in [5, 5.41) is 9.58. The lowest BCUT2D eigenvalue weighted by atomic mass is 9.95. The Bertz CT molecular complexity index is 1020. The third kappa shape index (κ3) is 5.68. The van der Waals surface area contributed by atoms with Crippen LogP contribution in [0.5, 0.6) is 5.75 Å². The van der Waals surface area contributed by atoms with Crippen molar-refractivity contribution in [3.05, 3.63) is 42.5 Å². The molecule has 34 heavy (non-hydrogen) atoms. The van der Waals surface area contributed by atoms with Gasteiger partial charge in [-0.25, -0.2) is 4.98 Å². The van der Waals surface area contributed by atoms with Gasteiger partial charge in [0.25, 0.3) is 0 Å². The van der Waals surface area contributed by atoms with E-state index in [1.165, 1.54) is 25.5 Å². The maximum absolute atomic E-state index is 9.58. The van der Waals surface area contributed by atoms with Crippen molar-refractivity contribution in [2.24, 2.45) is 17.6 Å². The van der Waals surface area contributed by atoms with Gasteiger partial charge >= 0.3 is 0 Å². The number of nitriles is 1. The minimum atomic E-state index is 0.336. The fourth-order valence-corrected chi connectivity index (χ4v) is 4.91. The van der Waals surface area contributed by atoms with Crippen LogP contribution in [0.4, 0.5) is 5.82 Å². The van der Waals surface area contributed by atoms with Crippen LogP contribution < -0.4 is 15.4 Å². The zero-order valence-electron chi connectivity index (χ0n) is 20.4. The molecule has 2 aromatic heterocycles. The minimum Gasteiger partial charge on any atom is -0.492 e. The van der Waals surface area contributed by atoms with Crippen LogP contribution in [0.25, 0.3) is 16.7 Å². The highest BCUT2D eigenvalue weighted by Crippen LogP contribution is 2.32. The lowest BCUT2D eigenvalue weighted by molar-refractivity contribution is 0.160. The molecule has 0 bridgehead atoms. The normalized spacial score (nSPS) is 20.2. The number of hydrogen-bond donors (Lipinski definition) is 1. The van der Waals surface area contributed by atoms with Crippen LogP contribution in [0.2, 0.25) is 0 Å². The standard InChI is InChI=1S/C27H36N6O/c1-3-20-5-4-10-33(18-20)26-7-6-22(16-30-26)25-13-24(17-31-27(25)23(14-28)15-29)34-19-21-8-11-32(2)12-9-21/h6-7,13-14,16-17,20-21H,3-5,8-12,18-19,28H2,1-2H3/b23-14-/t20-/m0/s1. The van der Waals surface area contributed by atoms with Crippen LogP contribution >= 0.6 is 0 Å². The summed E-state index contributed by atoms with van der Waals surface area (Å²) in [6.45, 7) is 7.26. The topological polar surface area (TPSA) is 91.3 Å². The van der Waals surface area contributed by atoms with E-state index in [1.807, 2.05) is 12.3 Å². The molecule has 4 rings (SSSR count). The van der Waals surface area contributed by atoms with Gasteiger partial charge in [-0.15, -0.1) is 0 Å². The Balaban J connectivity index is 1.55. The van der Waals surface area contributed by atoms with Gasteiger partial charge in [-0.2, -0.15) is 5.26 Å². The van der Waals surface area contributed by atoms with Crippen LogP contribution in [-0.2, 0) is 0 Å². The van der Waals surface area contributed by atoms with Crippen LogP contribution in [0.3, 0.4) is 0 Å². The molecule has 2 aliphatic rings. The summed E-state index contributed by atoms with van der Waals surface area (Å²) in [5.41, 5.74) is 8.33. The van der Waals surface area contributed by atoms with Crippen LogP contribution in [0.15, 0.2) is 36.8 Å². The molecule has 7 nitrogen and oxygen atoms in total. The predicted octanol–water partition coefficient (Wildman–Crippen LogP) is 4.31. The highest BCUT2D eigenvalue weighted by Gasteiger charge is 2.21. The Morgan fingerprint density at radius 2 is 2.00 bits per heavy atom. The Hall–Kier alpha value is -3.11. The van der Waals surface area contributed by atoms with E-state index in [1.54, 1.807) is 6.20 Å². The first kappa shape index (κ1) is 24.0. The smallest absolute Gasteiger partial charge is 0.138 e. The van der Waals surface area contributed by atoms with Gasteiger partial charge in [0.05, 0.1) is 24.1 Å². The van der Waals surface area contributed by atoms with Crippen molar-refractivity contribution in [1.29, 1.82) is 5.26 Å². The summed E-state index contributed by atoms with van der Waals surface area (Å²) >= 11 is 0. The molecule has 0 aromatic carbocycles. The van der Waals surface area contributed by atoms with Crippen LogP contribution in [0.1, 0.15) is 44.7 Å². The first-order valence-corrected chi connectivity index (χ1v) is 12.5. The van der Waals surface area contributed by atoms with Crippen molar-refractivity contribution in [2.75, 3.05) is 44.7 Å². The summed E-state index contributed by atoms with van der Waals surface area (Å²) in [5.74, 6) is 2.99. The predicted molar refractivity (Wildman–Crippen MR) is 136 cm³/mol. The molecular weight excluding hydrogens is 424 g/mol. The Morgan fingerprint density at radius 3 is 2.68 bits per heavy atom. The van der Waals surface area contributed by atoms with Gasteiger partial charge in [0.1, 0.15) is 17.6 Å². The summed E-state index contributed by atoms with van der Waals surface area (Å²) in [6.07, 6.45) is 10.9. The molecule has 0 aliphatic carbocycles. The maximum atomic E-state index is 9.58. The average Bonchev–Trinajstić information content (AvgIpc) is 2.89. The molecule has 0 amide bonds. The largest absolute Gasteiger partial charge is 0.492 e. The molecule has 2 saturated heterocycles. The highest BCUT2D eigenvalue weighted by molar-refractivity contribution is 5.85. The lowest BCUT2D eigenvalue weighted by Gasteiger charge is -2.33. The number of nitrogens with zero attached hydrogens (tertiary/aromatic N) is 5. The van der Waals surface area contributed by atoms with E-state index in [9.17, 15) is 5.26 Å². The monoisotopic (exact) mass is 460 g/mol. The molecule has 2 aliphatic heterocycles. The third-order valence-electron chi connectivity index (χ3n) is 7.21. The minimum absolute atomic E-state index is 0.336. The Labute approximate surface area is 203 Å². The number of ether oxygens (including phenoxy) is 1. The molecule has 0 saturated carbocycles. The highest BCUT2D eigenvalue weighted by atomic mass is 16.5. The van der Waals surface area contributed by atoms with Gasteiger partial charge in [-0.3, -0.25) is 4.98 Å². The van der Waals surface area contributed by atoms with Crippen molar-refractivity contribution < 1.29 is 4.74 Å². The molecule has 0 unspecified atom stereocenters. The van der Waals surface area contributed by atoms with E-state index in [0.29, 0.717) is 29.5 Å². The van der Waals surface area contributed by atoms with Gasteiger partial charge in [0, 0.05) is 36.6 Å². The Kier molecular flexibility index (Phi) is 8.02. The number of anilines is 1. The lowest BCUT2D eigenvalue weighted by Crippen LogP contribution is -2.35. The molecule has 4 heterocycles. The summed E-state index contributed by atoms with van der Waals surface area (Å²) in [4.78, 5) is 14.1. The molecule has 7 heteroatoms. The summed E-state index contributed by atoms with van der Waals surface area (Å²) in [7, 11) is 2.16. The Morgan fingerprint density at radius 1 is 1.18 bits per heavy atom. The molecule has 2 N–H and O–H groups in total. The van der Waals surface area contributed by atoms with E-state index in [-0.39, 0.29) is 0 Å². The number of piperidine rings is 2. The first-order valence-electron chi connectivity index (χ1n) is 12.5. The van der Waals surface area contributed by atoms with Crippen molar-refractivity contribution in [3.8, 4) is 22.9 Å². The molecule has 2 aromatic rings. The molecule has 180 valence electrons. The molecular formula is C27H36N6O. The van der Waals surface area contributed by atoms with Crippen molar-refractivity contribution in [1.82, 2.24) is 14.9 Å². The molecule has 1 atom stereocenters. The van der Waals surface area contributed by atoms with Gasteiger partial charge in [0.15, 0.2) is 0 Å². The van der Waals surface area contributed by atoms with Crippen molar-refractivity contribution in [3.63, 3.8) is 0 Å². The summed E-state index contributed by atoms with van der Waals surface area (Å²) < 4.78 is 6.14. The van der Waals surface area contributed by atoms with E-state index < -0.39 is 0 Å². The number of allylic oxidation sites excluding steroid dienone is 1. The SMILES string of the molecule is CC[C@H]1CCCN(c2ccc(-c3cc(OCC4CCN(C)CC4)cnc3/C(C#N)=C\N)cn2)C1. The van der Waals surface area contributed by atoms with Gasteiger partial charge in [0.2, 0.25) is 0 Å². The van der Waals surface area contributed by atoms with Crippen LogP contribution in [-0.4, -0.2) is 54.7 Å². The number of likely N-dealkylation sites (tertiary alicyclic amines) is 1. The number of hydrogen-bond acceptors (Lipinski definition) is 7. The van der Waals surface area contributed by atoms with E-state index in [2.05, 4.69) is 47.0 Å². The zero-order valence-corrected chi connectivity index (χ0v) is 20.4. The van der Waals surface area contributed by atoms with E-state index in [4.69, 9.17) is 15.5 Å². The number of aromatic nitrogens is 2. The molecule has 2 fully saturated rings. The average molecular weight is 461 g/mol. The van der Waals surface area contributed by atoms with E-state index in [0.717, 1.165) is 61.9 Å². The zero-order chi connectivity index (χ0) is 23.9. The van der Waals surface area contributed by atoms with E-state index >= 15 is 0 Å².